The Labute approximate surface area is 184 Å². The van der Waals surface area contributed by atoms with E-state index < -0.39 is 0 Å². The molecule has 10 heteroatoms. The first-order chi connectivity index (χ1) is 14.6. The van der Waals surface area contributed by atoms with Gasteiger partial charge in [-0.25, -0.2) is 11.7 Å². The minimum absolute atomic E-state index is 0.108. The minimum atomic E-state index is -0.261. The highest BCUT2D eigenvalue weighted by Crippen LogP contribution is 2.33. The van der Waals surface area contributed by atoms with Crippen molar-refractivity contribution in [2.75, 3.05) is 34.4 Å². The smallest absolute Gasteiger partial charge is 0.251 e. The second-order valence-electron chi connectivity index (χ2n) is 7.30. The SMILES string of the molecule is CCCCc1c(OC/C(N)=C/N(C)N)cc(C(=O)NC)cc1OC/C(N)=C(\C)N(C)N. The summed E-state index contributed by atoms with van der Waals surface area (Å²) in [7, 11) is 4.92. The highest BCUT2D eigenvalue weighted by molar-refractivity contribution is 5.95. The number of amides is 1. The molecule has 0 atom stereocenters. The standard InChI is InChI=1S/C21H37N7O3/c1-6-7-8-17-19(30-12-16(22)11-27(4)24)9-15(21(29)26-3)10-20(17)31-13-18(23)14(2)28(5)25/h9-11H,6-8,12-13,22-25H2,1-5H3,(H,26,29)/b16-11-,18-14-. The van der Waals surface area contributed by atoms with Gasteiger partial charge in [0.15, 0.2) is 0 Å². The van der Waals surface area contributed by atoms with Crippen molar-refractivity contribution in [3.05, 3.63) is 46.6 Å². The lowest BCUT2D eigenvalue weighted by atomic mass is 10.0. The fraction of sp³-hybridized carbons (Fsp3) is 0.476. The van der Waals surface area contributed by atoms with Gasteiger partial charge in [0.05, 0.1) is 11.4 Å². The van der Waals surface area contributed by atoms with E-state index in [2.05, 4.69) is 12.2 Å². The third-order valence-corrected chi connectivity index (χ3v) is 4.58. The van der Waals surface area contributed by atoms with Crippen molar-refractivity contribution < 1.29 is 14.3 Å². The molecule has 0 aliphatic carbocycles. The molecule has 0 fully saturated rings. The van der Waals surface area contributed by atoms with E-state index in [-0.39, 0.29) is 19.1 Å². The molecule has 0 bridgehead atoms. The van der Waals surface area contributed by atoms with Crippen LogP contribution in [0.5, 0.6) is 11.5 Å². The van der Waals surface area contributed by atoms with Gasteiger partial charge in [-0.15, -0.1) is 0 Å². The van der Waals surface area contributed by atoms with E-state index >= 15 is 0 Å². The number of hydrogen-bond donors (Lipinski definition) is 5. The predicted octanol–water partition coefficient (Wildman–Crippen LogP) is 0.748. The summed E-state index contributed by atoms with van der Waals surface area (Å²) < 4.78 is 12.0. The molecule has 0 unspecified atom stereocenters. The van der Waals surface area contributed by atoms with Crippen LogP contribution >= 0.6 is 0 Å². The number of ether oxygens (including phenoxy) is 2. The molecule has 0 radical (unpaired) electrons. The minimum Gasteiger partial charge on any atom is -0.487 e. The van der Waals surface area contributed by atoms with E-state index in [0.29, 0.717) is 40.6 Å². The van der Waals surface area contributed by atoms with E-state index in [9.17, 15) is 4.79 Å². The number of nitrogens with one attached hydrogen (secondary N) is 1. The van der Waals surface area contributed by atoms with Gasteiger partial charge in [-0.1, -0.05) is 13.3 Å². The molecule has 0 spiro atoms. The molecule has 0 aliphatic heterocycles. The lowest BCUT2D eigenvalue weighted by Gasteiger charge is -2.20. The van der Waals surface area contributed by atoms with E-state index in [1.54, 1.807) is 46.4 Å². The number of allylic oxidation sites excluding steroid dienone is 1. The normalized spacial score (nSPS) is 12.2. The Morgan fingerprint density at radius 2 is 1.71 bits per heavy atom. The maximum absolute atomic E-state index is 12.3. The number of nitrogens with two attached hydrogens (primary N) is 4. The first kappa shape index (κ1) is 25.9. The van der Waals surface area contributed by atoms with Crippen LogP contribution in [0.15, 0.2) is 35.4 Å². The Bertz CT molecular complexity index is 804. The van der Waals surface area contributed by atoms with Crippen LogP contribution in [0, 0.1) is 0 Å². The fourth-order valence-corrected chi connectivity index (χ4v) is 2.70. The monoisotopic (exact) mass is 435 g/mol. The molecular weight excluding hydrogens is 398 g/mol. The number of nitrogens with zero attached hydrogens (tertiary/aromatic N) is 2. The van der Waals surface area contributed by atoms with Crippen LogP contribution in [-0.2, 0) is 6.42 Å². The largest absolute Gasteiger partial charge is 0.487 e. The molecular formula is C21H37N7O3. The lowest BCUT2D eigenvalue weighted by molar-refractivity contribution is 0.0962. The topological polar surface area (TPSA) is 158 Å². The van der Waals surface area contributed by atoms with Gasteiger partial charge in [0.1, 0.15) is 24.7 Å². The zero-order valence-corrected chi connectivity index (χ0v) is 19.2. The zero-order valence-electron chi connectivity index (χ0n) is 19.2. The molecule has 0 saturated carbocycles. The molecule has 1 amide bonds. The van der Waals surface area contributed by atoms with Gasteiger partial charge >= 0.3 is 0 Å². The summed E-state index contributed by atoms with van der Waals surface area (Å²) in [6.07, 6.45) is 4.16. The van der Waals surface area contributed by atoms with E-state index in [4.69, 9.17) is 32.6 Å². The van der Waals surface area contributed by atoms with Crippen LogP contribution in [0.4, 0.5) is 0 Å². The van der Waals surface area contributed by atoms with Crippen LogP contribution in [0.25, 0.3) is 0 Å². The molecule has 0 heterocycles. The van der Waals surface area contributed by atoms with Crippen molar-refractivity contribution in [3.8, 4) is 11.5 Å². The summed E-state index contributed by atoms with van der Waals surface area (Å²) in [6.45, 7) is 4.12. The quantitative estimate of drug-likeness (QED) is 0.236. The van der Waals surface area contributed by atoms with Crippen LogP contribution in [0.2, 0.25) is 0 Å². The predicted molar refractivity (Wildman–Crippen MR) is 122 cm³/mol. The van der Waals surface area contributed by atoms with E-state index in [1.807, 2.05) is 0 Å². The average Bonchev–Trinajstić information content (AvgIpc) is 2.72. The van der Waals surface area contributed by atoms with Gasteiger partial charge in [0.2, 0.25) is 0 Å². The molecule has 0 aliphatic rings. The molecule has 0 saturated heterocycles. The number of benzene rings is 1. The second-order valence-corrected chi connectivity index (χ2v) is 7.30. The zero-order chi connectivity index (χ0) is 23.6. The lowest BCUT2D eigenvalue weighted by Crippen LogP contribution is -2.28. The summed E-state index contributed by atoms with van der Waals surface area (Å²) in [5.41, 5.74) is 14.9. The number of hydrazine groups is 2. The number of carbonyl (C=O) groups excluding carboxylic acids is 1. The van der Waals surface area contributed by atoms with Crippen LogP contribution in [0.3, 0.4) is 0 Å². The second kappa shape index (κ2) is 12.6. The first-order valence-electron chi connectivity index (χ1n) is 10.1. The number of rotatable bonds is 12. The molecule has 31 heavy (non-hydrogen) atoms. The van der Waals surface area contributed by atoms with Crippen LogP contribution < -0.4 is 37.9 Å². The Kier molecular flexibility index (Phi) is 10.5. The number of hydrogen-bond acceptors (Lipinski definition) is 9. The van der Waals surface area contributed by atoms with Crippen molar-refractivity contribution >= 4 is 5.91 Å². The number of carbonyl (C=O) groups is 1. The van der Waals surface area contributed by atoms with Gasteiger partial charge in [-0.05, 0) is 31.9 Å². The van der Waals surface area contributed by atoms with Crippen LogP contribution in [-0.4, -0.2) is 50.3 Å². The summed E-state index contributed by atoms with van der Waals surface area (Å²) >= 11 is 0. The van der Waals surface area contributed by atoms with Gasteiger partial charge in [-0.2, -0.15) is 0 Å². The van der Waals surface area contributed by atoms with Gasteiger partial charge in [0.25, 0.3) is 5.91 Å². The summed E-state index contributed by atoms with van der Waals surface area (Å²) in [5, 5.41) is 5.39. The molecule has 0 aromatic heterocycles. The third kappa shape index (κ3) is 8.27. The highest BCUT2D eigenvalue weighted by Gasteiger charge is 2.17. The summed E-state index contributed by atoms with van der Waals surface area (Å²) in [6, 6.07) is 3.38. The Morgan fingerprint density at radius 3 is 2.19 bits per heavy atom. The van der Waals surface area contributed by atoms with Crippen molar-refractivity contribution in [1.82, 2.24) is 15.3 Å². The Balaban J connectivity index is 3.36. The molecule has 174 valence electrons. The Hall–Kier alpha value is -3.11. The fourth-order valence-electron chi connectivity index (χ4n) is 2.70. The highest BCUT2D eigenvalue weighted by atomic mass is 16.5. The molecule has 9 N–H and O–H groups in total. The van der Waals surface area contributed by atoms with E-state index in [0.717, 1.165) is 18.4 Å². The van der Waals surface area contributed by atoms with Gasteiger partial charge < -0.3 is 36.3 Å². The van der Waals surface area contributed by atoms with Crippen molar-refractivity contribution in [2.24, 2.45) is 23.2 Å². The van der Waals surface area contributed by atoms with Crippen molar-refractivity contribution in [3.63, 3.8) is 0 Å². The van der Waals surface area contributed by atoms with Crippen molar-refractivity contribution in [1.29, 1.82) is 0 Å². The molecule has 1 aromatic rings. The average molecular weight is 436 g/mol. The van der Waals surface area contributed by atoms with E-state index in [1.165, 1.54) is 10.0 Å². The van der Waals surface area contributed by atoms with Gasteiger partial charge in [0, 0.05) is 44.2 Å². The number of unbranched alkanes of at least 4 members (excludes halogenated alkanes) is 1. The first-order valence-corrected chi connectivity index (χ1v) is 10.1. The van der Waals surface area contributed by atoms with Crippen molar-refractivity contribution in [2.45, 2.75) is 33.1 Å². The molecule has 10 nitrogen and oxygen atoms in total. The molecule has 1 rings (SSSR count). The van der Waals surface area contributed by atoms with Crippen LogP contribution in [0.1, 0.15) is 42.6 Å². The Morgan fingerprint density at radius 1 is 1.13 bits per heavy atom. The van der Waals surface area contributed by atoms with Gasteiger partial charge in [-0.3, -0.25) is 4.79 Å². The summed E-state index contributed by atoms with van der Waals surface area (Å²) in [4.78, 5) is 12.3. The molecule has 1 aromatic carbocycles. The third-order valence-electron chi connectivity index (χ3n) is 4.58. The summed E-state index contributed by atoms with van der Waals surface area (Å²) in [5.74, 6) is 12.1. The maximum Gasteiger partial charge on any atom is 0.251 e. The maximum atomic E-state index is 12.3.